The highest BCUT2D eigenvalue weighted by molar-refractivity contribution is 6.69. The van der Waals surface area contributed by atoms with Crippen LogP contribution in [0, 0.1) is 0 Å². The molecule has 152 valence electrons. The number of rotatable bonds is 17. The molecule has 26 heavy (non-hydrogen) atoms. The summed E-state index contributed by atoms with van der Waals surface area (Å²) in [4.78, 5) is 22.9. The van der Waals surface area contributed by atoms with Gasteiger partial charge in [-0.05, 0) is 45.0 Å². The van der Waals surface area contributed by atoms with Crippen molar-refractivity contribution in [3.8, 4) is 0 Å². The van der Waals surface area contributed by atoms with Crippen LogP contribution in [0.15, 0.2) is 12.2 Å². The van der Waals surface area contributed by atoms with Gasteiger partial charge in [0.1, 0.15) is 6.10 Å². The Hall–Kier alpha value is -0.943. The van der Waals surface area contributed by atoms with E-state index >= 15 is 0 Å². The Morgan fingerprint density at radius 2 is 1.54 bits per heavy atom. The van der Waals surface area contributed by atoms with Gasteiger partial charge in [0.05, 0.1) is 6.10 Å². The van der Waals surface area contributed by atoms with Crippen LogP contribution in [0.2, 0.25) is 19.6 Å². The Labute approximate surface area is 161 Å². The molecule has 4 nitrogen and oxygen atoms in total. The molecular formula is C21H40O4Si. The molecule has 0 aromatic rings. The average molecular weight is 385 g/mol. The van der Waals surface area contributed by atoms with Crippen molar-refractivity contribution in [3.05, 3.63) is 12.2 Å². The highest BCUT2D eigenvalue weighted by Crippen LogP contribution is 2.17. The SMILES string of the molecule is CCCCC[C@H](C/C=C/C(=O)C[C@H](CCCCC)O[Si](C)(C)C)OC=O. The summed E-state index contributed by atoms with van der Waals surface area (Å²) in [5.74, 6) is 0.100. The molecule has 0 aliphatic rings. The molecule has 0 unspecified atom stereocenters. The fourth-order valence-corrected chi connectivity index (χ4v) is 4.11. The van der Waals surface area contributed by atoms with Crippen molar-refractivity contribution >= 4 is 20.6 Å². The number of carbonyl (C=O) groups is 2. The minimum Gasteiger partial charge on any atom is -0.464 e. The molecule has 0 amide bonds. The number of ketones is 1. The average Bonchev–Trinajstić information content (AvgIpc) is 2.53. The van der Waals surface area contributed by atoms with Crippen LogP contribution in [-0.2, 0) is 18.8 Å². The molecule has 0 heterocycles. The molecule has 0 fully saturated rings. The lowest BCUT2D eigenvalue weighted by Crippen LogP contribution is -2.33. The summed E-state index contributed by atoms with van der Waals surface area (Å²) in [5, 5.41) is 0. The van der Waals surface area contributed by atoms with Crippen LogP contribution in [0.1, 0.15) is 78.1 Å². The van der Waals surface area contributed by atoms with Crippen molar-refractivity contribution in [2.24, 2.45) is 0 Å². The van der Waals surface area contributed by atoms with Gasteiger partial charge >= 0.3 is 0 Å². The third-order valence-electron chi connectivity index (χ3n) is 4.16. The van der Waals surface area contributed by atoms with Crippen molar-refractivity contribution in [2.45, 2.75) is 110 Å². The standard InChI is InChI=1S/C21H40O4Si/c1-6-8-10-14-20(24-18-22)16-12-13-19(23)17-21(15-11-9-7-2)25-26(3,4)5/h12-13,18,20-21H,6-11,14-17H2,1-5H3/b13-12+/t20-,21+/m1/s1. The van der Waals surface area contributed by atoms with Crippen LogP contribution >= 0.6 is 0 Å². The van der Waals surface area contributed by atoms with Crippen molar-refractivity contribution in [1.82, 2.24) is 0 Å². The van der Waals surface area contributed by atoms with Gasteiger partial charge in [0, 0.05) is 12.8 Å². The van der Waals surface area contributed by atoms with E-state index in [1.807, 2.05) is 6.08 Å². The molecule has 0 aliphatic heterocycles. The van der Waals surface area contributed by atoms with Crippen LogP contribution in [0.3, 0.4) is 0 Å². The summed E-state index contributed by atoms with van der Waals surface area (Å²) in [6.45, 7) is 11.3. The smallest absolute Gasteiger partial charge is 0.293 e. The maximum absolute atomic E-state index is 12.3. The Morgan fingerprint density at radius 1 is 0.962 bits per heavy atom. The van der Waals surface area contributed by atoms with Gasteiger partial charge in [0.15, 0.2) is 14.1 Å². The Kier molecular flexibility index (Phi) is 14.6. The van der Waals surface area contributed by atoms with E-state index in [2.05, 4.69) is 33.5 Å². The lowest BCUT2D eigenvalue weighted by atomic mass is 10.0. The van der Waals surface area contributed by atoms with E-state index in [0.29, 0.717) is 19.3 Å². The molecule has 0 radical (unpaired) electrons. The van der Waals surface area contributed by atoms with E-state index < -0.39 is 8.32 Å². The third-order valence-corrected chi connectivity index (χ3v) is 5.20. The number of hydrogen-bond donors (Lipinski definition) is 0. The van der Waals surface area contributed by atoms with E-state index in [9.17, 15) is 9.59 Å². The van der Waals surface area contributed by atoms with E-state index in [1.165, 1.54) is 12.8 Å². The number of ether oxygens (including phenoxy) is 1. The van der Waals surface area contributed by atoms with Crippen molar-refractivity contribution < 1.29 is 18.8 Å². The monoisotopic (exact) mass is 384 g/mol. The third kappa shape index (κ3) is 15.3. The van der Waals surface area contributed by atoms with Gasteiger partial charge in [-0.2, -0.15) is 0 Å². The van der Waals surface area contributed by atoms with Gasteiger partial charge in [-0.15, -0.1) is 0 Å². The Morgan fingerprint density at radius 3 is 2.04 bits per heavy atom. The van der Waals surface area contributed by atoms with Crippen molar-refractivity contribution in [2.75, 3.05) is 0 Å². The fraction of sp³-hybridized carbons (Fsp3) is 0.810. The van der Waals surface area contributed by atoms with Gasteiger partial charge in [-0.1, -0.05) is 52.0 Å². The molecule has 2 atom stereocenters. The quantitative estimate of drug-likeness (QED) is 0.137. The zero-order valence-electron chi connectivity index (χ0n) is 17.6. The maximum atomic E-state index is 12.3. The number of carbonyl (C=O) groups excluding carboxylic acids is 2. The van der Waals surface area contributed by atoms with Crippen LogP contribution < -0.4 is 0 Å². The molecule has 0 spiro atoms. The van der Waals surface area contributed by atoms with E-state index in [4.69, 9.17) is 9.16 Å². The summed E-state index contributed by atoms with van der Waals surface area (Å²) < 4.78 is 11.3. The minimum absolute atomic E-state index is 0.0249. The summed E-state index contributed by atoms with van der Waals surface area (Å²) in [6.07, 6.45) is 13.0. The molecule has 0 aromatic carbocycles. The van der Waals surface area contributed by atoms with E-state index in [1.54, 1.807) is 6.08 Å². The zero-order valence-corrected chi connectivity index (χ0v) is 18.6. The van der Waals surface area contributed by atoms with Gasteiger partial charge in [0.2, 0.25) is 0 Å². The topological polar surface area (TPSA) is 52.6 Å². The van der Waals surface area contributed by atoms with Gasteiger partial charge in [0.25, 0.3) is 6.47 Å². The van der Waals surface area contributed by atoms with Crippen LogP contribution in [0.4, 0.5) is 0 Å². The first kappa shape index (κ1) is 25.1. The zero-order chi connectivity index (χ0) is 19.8. The van der Waals surface area contributed by atoms with Crippen molar-refractivity contribution in [3.63, 3.8) is 0 Å². The lowest BCUT2D eigenvalue weighted by Gasteiger charge is -2.26. The van der Waals surface area contributed by atoms with Crippen molar-refractivity contribution in [1.29, 1.82) is 0 Å². The second-order valence-electron chi connectivity index (χ2n) is 8.01. The second-order valence-corrected chi connectivity index (χ2v) is 12.5. The first-order valence-electron chi connectivity index (χ1n) is 10.3. The second kappa shape index (κ2) is 15.1. The fourth-order valence-electron chi connectivity index (χ4n) is 2.91. The van der Waals surface area contributed by atoms with E-state index in [0.717, 1.165) is 38.5 Å². The molecule has 0 aliphatic carbocycles. The first-order chi connectivity index (χ1) is 12.3. The molecule has 0 saturated heterocycles. The summed E-state index contributed by atoms with van der Waals surface area (Å²) in [5.41, 5.74) is 0. The molecule has 5 heteroatoms. The predicted molar refractivity (Wildman–Crippen MR) is 111 cm³/mol. The summed E-state index contributed by atoms with van der Waals surface area (Å²) in [6, 6.07) is 0. The molecule has 0 rings (SSSR count). The summed E-state index contributed by atoms with van der Waals surface area (Å²) in [7, 11) is -1.66. The van der Waals surface area contributed by atoms with Gasteiger partial charge in [-0.25, -0.2) is 0 Å². The lowest BCUT2D eigenvalue weighted by molar-refractivity contribution is -0.133. The van der Waals surface area contributed by atoms with E-state index in [-0.39, 0.29) is 18.0 Å². The first-order valence-corrected chi connectivity index (χ1v) is 13.7. The minimum atomic E-state index is -1.66. The molecule has 0 saturated carbocycles. The largest absolute Gasteiger partial charge is 0.464 e. The predicted octanol–water partition coefficient (Wildman–Crippen LogP) is 5.81. The highest BCUT2D eigenvalue weighted by atomic mass is 28.4. The molecule has 0 aromatic heterocycles. The van der Waals surface area contributed by atoms with Crippen LogP contribution in [-0.4, -0.2) is 32.8 Å². The number of unbranched alkanes of at least 4 members (excludes halogenated alkanes) is 4. The normalized spacial score (nSPS) is 14.3. The summed E-state index contributed by atoms with van der Waals surface area (Å²) >= 11 is 0. The van der Waals surface area contributed by atoms with Crippen LogP contribution in [0.5, 0.6) is 0 Å². The molecule has 0 N–H and O–H groups in total. The maximum Gasteiger partial charge on any atom is 0.293 e. The molecule has 0 bridgehead atoms. The van der Waals surface area contributed by atoms with Gasteiger partial charge in [-0.3, -0.25) is 9.59 Å². The Balaban J connectivity index is 4.47. The number of allylic oxidation sites excluding steroid dienone is 1. The highest BCUT2D eigenvalue weighted by Gasteiger charge is 2.22. The molecular weight excluding hydrogens is 344 g/mol. The van der Waals surface area contributed by atoms with Gasteiger partial charge < -0.3 is 9.16 Å². The number of hydrogen-bond acceptors (Lipinski definition) is 4. The van der Waals surface area contributed by atoms with Crippen LogP contribution in [0.25, 0.3) is 0 Å². The Bertz CT molecular complexity index is 401.